The molecule has 8 heteroatoms. The summed E-state index contributed by atoms with van der Waals surface area (Å²) in [5.74, 6) is -3.25. The van der Waals surface area contributed by atoms with E-state index in [1.54, 1.807) is 0 Å². The van der Waals surface area contributed by atoms with Crippen LogP contribution in [0.15, 0.2) is 0 Å². The van der Waals surface area contributed by atoms with Crippen LogP contribution in [0.1, 0.15) is 20.8 Å². The molecule has 0 radical (unpaired) electrons. The Morgan fingerprint density at radius 3 is 0.714 bits per heavy atom. The van der Waals surface area contributed by atoms with Gasteiger partial charge in [-0.25, -0.2) is 0 Å². The van der Waals surface area contributed by atoms with Gasteiger partial charge in [-0.3, -0.25) is 0 Å². The summed E-state index contributed by atoms with van der Waals surface area (Å²) in [7, 11) is 0. The van der Waals surface area contributed by atoms with Gasteiger partial charge in [-0.1, -0.05) is 0 Å². The minimum Gasteiger partial charge on any atom is -0.550 e. The minimum absolute atomic E-state index is 0. The molecule has 78 valence electrons. The number of hydrogen-bond acceptors (Lipinski definition) is 6. The quantitative estimate of drug-likeness (QED) is 0.388. The predicted octanol–water partition coefficient (Wildman–Crippen LogP) is -6.73. The molecule has 6 nitrogen and oxygen atoms in total. The zero-order valence-corrected chi connectivity index (χ0v) is 9.41. The molecule has 0 heterocycles. The Morgan fingerprint density at radius 1 is 0.714 bits per heavy atom. The number of carboxylic acid groups (broad SMARTS) is 3. The fourth-order valence-electron chi connectivity index (χ4n) is 0. The Morgan fingerprint density at radius 2 is 0.714 bits per heavy atom. The van der Waals surface area contributed by atoms with E-state index in [9.17, 15) is 0 Å². The van der Waals surface area contributed by atoms with Crippen molar-refractivity contribution in [2.24, 2.45) is 0 Å². The summed E-state index contributed by atoms with van der Waals surface area (Å²) in [6, 6.07) is 0. The maximum Gasteiger partial charge on any atom is 2.00 e. The summed E-state index contributed by atoms with van der Waals surface area (Å²) in [5, 5.41) is 26.7. The van der Waals surface area contributed by atoms with Crippen molar-refractivity contribution in [3.63, 3.8) is 0 Å². The van der Waals surface area contributed by atoms with Crippen LogP contribution in [0.2, 0.25) is 0 Å². The zero-order valence-electron chi connectivity index (χ0n) is 8.30. The van der Waals surface area contributed by atoms with Crippen molar-refractivity contribution in [1.29, 1.82) is 0 Å². The van der Waals surface area contributed by atoms with Gasteiger partial charge >= 0.3 is 35.9 Å². The molecule has 0 aliphatic carbocycles. The number of carbonyl (C=O) groups excluding carboxylic acids is 3. The van der Waals surface area contributed by atoms with Crippen molar-refractivity contribution in [1.82, 2.24) is 0 Å². The largest absolute Gasteiger partial charge is 2.00 e. The van der Waals surface area contributed by atoms with Gasteiger partial charge in [0.25, 0.3) is 0 Å². The molecule has 0 fully saturated rings. The molecule has 0 saturated heterocycles. The molecule has 0 spiro atoms. The van der Waals surface area contributed by atoms with Crippen molar-refractivity contribution in [2.75, 3.05) is 0 Å². The van der Waals surface area contributed by atoms with E-state index in [2.05, 4.69) is 0 Å². The van der Waals surface area contributed by atoms with E-state index in [4.69, 9.17) is 29.7 Å². The Bertz CT molecular complexity index is 120. The third kappa shape index (κ3) is 5710. The summed E-state index contributed by atoms with van der Waals surface area (Å²) in [4.78, 5) is 26.7. The van der Waals surface area contributed by atoms with Crippen LogP contribution in [0.25, 0.3) is 0 Å². The van der Waals surface area contributed by atoms with Crippen LogP contribution in [0, 0.1) is 0 Å². The van der Waals surface area contributed by atoms with E-state index in [-0.39, 0.29) is 35.9 Å². The van der Waals surface area contributed by atoms with E-state index >= 15 is 0 Å². The van der Waals surface area contributed by atoms with Crippen LogP contribution >= 0.6 is 0 Å². The van der Waals surface area contributed by atoms with Crippen LogP contribution in [0.5, 0.6) is 0 Å². The third-order valence-electron chi connectivity index (χ3n) is 0. The minimum atomic E-state index is -1.08. The van der Waals surface area contributed by atoms with Gasteiger partial charge in [0.15, 0.2) is 0 Å². The van der Waals surface area contributed by atoms with E-state index < -0.39 is 17.9 Å². The molecule has 0 aliphatic rings. The van der Waals surface area contributed by atoms with E-state index in [0.717, 1.165) is 20.8 Å². The van der Waals surface area contributed by atoms with E-state index in [1.807, 2.05) is 0 Å². The number of hydrogen-bond donors (Lipinski definition) is 0. The van der Waals surface area contributed by atoms with Gasteiger partial charge in [-0.05, 0) is 20.8 Å². The summed E-state index contributed by atoms with van der Waals surface area (Å²) in [5.41, 5.74) is 0. The second-order valence-corrected chi connectivity index (χ2v) is 1.47. The molecule has 0 aromatic heterocycles. The number of aliphatic carboxylic acids is 3. The van der Waals surface area contributed by atoms with Crippen molar-refractivity contribution < 1.29 is 65.6 Å². The first-order valence-electron chi connectivity index (χ1n) is 2.72. The first-order chi connectivity index (χ1) is 5.20. The fourth-order valence-corrected chi connectivity index (χ4v) is 0. The zero-order chi connectivity index (χ0) is 10.7. The van der Waals surface area contributed by atoms with E-state index in [1.165, 1.54) is 0 Å². The average molecular weight is 240 g/mol. The molecule has 0 saturated carbocycles. The topological polar surface area (TPSA) is 120 Å². The van der Waals surface area contributed by atoms with Crippen molar-refractivity contribution in [2.45, 2.75) is 20.8 Å². The number of rotatable bonds is 0. The normalized spacial score (nSPS) is 5.36. The molecular formula is C6H9FeLiO6. The average Bonchev–Trinajstić information content (AvgIpc) is 1.54. The standard InChI is InChI=1S/3C2H4O2.Fe.Li/c3*1-2(3)4;;/h3*1H3,(H,3,4);;/q;;;+2;+1/p-3. The first kappa shape index (κ1) is 29.2. The number of carbonyl (C=O) groups is 3. The molecule has 0 aromatic rings. The second kappa shape index (κ2) is 22.9. The van der Waals surface area contributed by atoms with Gasteiger partial charge in [0, 0.05) is 17.9 Å². The molecule has 0 aliphatic heterocycles. The third-order valence-corrected chi connectivity index (χ3v) is 0. The predicted molar refractivity (Wildman–Crippen MR) is 32.0 cm³/mol. The van der Waals surface area contributed by atoms with Gasteiger partial charge in [0.2, 0.25) is 0 Å². The van der Waals surface area contributed by atoms with Gasteiger partial charge in [-0.15, -0.1) is 0 Å². The van der Waals surface area contributed by atoms with Crippen LogP contribution in [-0.4, -0.2) is 17.9 Å². The monoisotopic (exact) mass is 240 g/mol. The summed E-state index contributed by atoms with van der Waals surface area (Å²) in [6.45, 7) is 2.92. The molecule has 0 atom stereocenters. The fraction of sp³-hybridized carbons (Fsp3) is 0.500. The Balaban J connectivity index is -0.0000000270. The van der Waals surface area contributed by atoms with Gasteiger partial charge in [0.1, 0.15) is 0 Å². The van der Waals surface area contributed by atoms with Gasteiger partial charge in [0.05, 0.1) is 0 Å². The summed E-state index contributed by atoms with van der Waals surface area (Å²) < 4.78 is 0. The Hall–Kier alpha value is -0.473. The molecule has 14 heavy (non-hydrogen) atoms. The Kier molecular flexibility index (Phi) is 47.7. The SMILES string of the molecule is CC(=O)[O-].CC(=O)[O-].CC(=O)[O-].[Fe+2].[Li+]. The van der Waals surface area contributed by atoms with Crippen molar-refractivity contribution >= 4 is 17.9 Å². The second-order valence-electron chi connectivity index (χ2n) is 1.47. The van der Waals surface area contributed by atoms with E-state index in [0.29, 0.717) is 0 Å². The Labute approximate surface area is 104 Å². The molecule has 0 amide bonds. The molecule has 0 aromatic carbocycles. The maximum absolute atomic E-state index is 8.89. The smallest absolute Gasteiger partial charge is 0.550 e. The molecule has 0 unspecified atom stereocenters. The molecular weight excluding hydrogens is 231 g/mol. The number of carboxylic acids is 3. The molecule has 0 bridgehead atoms. The van der Waals surface area contributed by atoms with Gasteiger partial charge < -0.3 is 29.7 Å². The van der Waals surface area contributed by atoms with Crippen LogP contribution in [0.3, 0.4) is 0 Å². The maximum atomic E-state index is 8.89. The first-order valence-corrected chi connectivity index (χ1v) is 2.72. The van der Waals surface area contributed by atoms with Crippen LogP contribution in [-0.2, 0) is 31.5 Å². The van der Waals surface area contributed by atoms with Crippen molar-refractivity contribution in [3.8, 4) is 0 Å². The molecule has 0 N–H and O–H groups in total. The summed E-state index contributed by atoms with van der Waals surface area (Å²) in [6.07, 6.45) is 0. The molecule has 0 rings (SSSR count). The van der Waals surface area contributed by atoms with Crippen molar-refractivity contribution in [3.05, 3.63) is 0 Å². The van der Waals surface area contributed by atoms with Crippen LogP contribution < -0.4 is 34.2 Å². The van der Waals surface area contributed by atoms with Crippen LogP contribution in [0.4, 0.5) is 0 Å². The summed E-state index contributed by atoms with van der Waals surface area (Å²) >= 11 is 0. The van der Waals surface area contributed by atoms with Gasteiger partial charge in [-0.2, -0.15) is 0 Å².